The van der Waals surface area contributed by atoms with E-state index >= 15 is 0 Å². The van der Waals surface area contributed by atoms with Crippen LogP contribution in [0.1, 0.15) is 29.2 Å². The third-order valence-electron chi connectivity index (χ3n) is 5.04. The number of quaternary nitrogens is 1. The maximum atomic E-state index is 13.0. The van der Waals surface area contributed by atoms with Crippen molar-refractivity contribution >= 4 is 23.5 Å². The van der Waals surface area contributed by atoms with Crippen LogP contribution in [0, 0.1) is 0 Å². The van der Waals surface area contributed by atoms with Crippen molar-refractivity contribution in [3.8, 4) is 0 Å². The fourth-order valence-corrected chi connectivity index (χ4v) is 4.37. The zero-order valence-electron chi connectivity index (χ0n) is 15.8. The summed E-state index contributed by atoms with van der Waals surface area (Å²) in [6, 6.07) is 15.8. The van der Waals surface area contributed by atoms with Crippen molar-refractivity contribution < 1.29 is 9.69 Å². The molecule has 3 heterocycles. The molecule has 0 unspecified atom stereocenters. The molecule has 0 bridgehead atoms. The van der Waals surface area contributed by atoms with Gasteiger partial charge < -0.3 is 10.2 Å². The van der Waals surface area contributed by atoms with Crippen molar-refractivity contribution in [2.45, 2.75) is 28.8 Å². The molecule has 0 spiro atoms. The lowest BCUT2D eigenvalue weighted by Crippen LogP contribution is -3.10. The highest BCUT2D eigenvalue weighted by Crippen LogP contribution is 2.29. The van der Waals surface area contributed by atoms with E-state index in [0.717, 1.165) is 36.6 Å². The van der Waals surface area contributed by atoms with Crippen molar-refractivity contribution in [2.75, 3.05) is 25.5 Å². The minimum Gasteiger partial charge on any atom is -0.337 e. The summed E-state index contributed by atoms with van der Waals surface area (Å²) in [5.74, 6) is 0.584. The second-order valence-electron chi connectivity index (χ2n) is 7.07. The van der Waals surface area contributed by atoms with Crippen molar-refractivity contribution in [1.29, 1.82) is 0 Å². The van der Waals surface area contributed by atoms with Gasteiger partial charge in [0.1, 0.15) is 10.8 Å². The quantitative estimate of drug-likeness (QED) is 0.698. The second-order valence-corrected chi connectivity index (χ2v) is 8.14. The van der Waals surface area contributed by atoms with E-state index in [-0.39, 0.29) is 5.91 Å². The molecule has 2 aromatic heterocycles. The molecule has 1 saturated heterocycles. The summed E-state index contributed by atoms with van der Waals surface area (Å²) in [6.07, 6.45) is 5.60. The van der Waals surface area contributed by atoms with Gasteiger partial charge in [-0.05, 0) is 24.3 Å². The first-order valence-corrected chi connectivity index (χ1v) is 10.4. The fraction of sp³-hybridized carbons (Fsp3) is 0.286. The highest BCUT2D eigenvalue weighted by molar-refractivity contribution is 7.99. The van der Waals surface area contributed by atoms with Gasteiger partial charge in [0.25, 0.3) is 5.91 Å². The van der Waals surface area contributed by atoms with E-state index in [1.807, 2.05) is 47.1 Å². The van der Waals surface area contributed by atoms with E-state index in [0.29, 0.717) is 16.6 Å². The first kappa shape index (κ1) is 18.7. The Bertz CT molecular complexity index is 935. The zero-order valence-corrected chi connectivity index (χ0v) is 16.7. The number of carbonyl (C=O) groups excluding carboxylic acids is 1. The van der Waals surface area contributed by atoms with Gasteiger partial charge in [0, 0.05) is 30.0 Å². The molecule has 0 atom stereocenters. The highest BCUT2D eigenvalue weighted by atomic mass is 32.2. The summed E-state index contributed by atoms with van der Waals surface area (Å²) in [4.78, 5) is 20.0. The van der Waals surface area contributed by atoms with Crippen LogP contribution in [0.5, 0.6) is 0 Å². The van der Waals surface area contributed by atoms with Crippen LogP contribution in [-0.4, -0.2) is 40.8 Å². The Morgan fingerprint density at radius 1 is 1.11 bits per heavy atom. The van der Waals surface area contributed by atoms with E-state index in [4.69, 9.17) is 0 Å². The van der Waals surface area contributed by atoms with E-state index in [9.17, 15) is 4.79 Å². The largest absolute Gasteiger partial charge is 0.337 e. The number of hydrogen-bond acceptors (Lipinski definition) is 4. The van der Waals surface area contributed by atoms with Crippen LogP contribution in [0.4, 0.5) is 5.82 Å². The van der Waals surface area contributed by atoms with Crippen molar-refractivity contribution in [3.63, 3.8) is 0 Å². The average Bonchev–Trinajstić information content (AvgIpc) is 3.18. The zero-order chi connectivity index (χ0) is 19.3. The number of hydrogen-bond donors (Lipinski definition) is 2. The number of nitrogens with one attached hydrogen (secondary N) is 2. The molecule has 0 saturated carbocycles. The lowest BCUT2D eigenvalue weighted by atomic mass is 10.1. The fourth-order valence-electron chi connectivity index (χ4n) is 3.47. The first-order valence-electron chi connectivity index (χ1n) is 9.55. The van der Waals surface area contributed by atoms with E-state index in [1.54, 1.807) is 23.4 Å². The van der Waals surface area contributed by atoms with Gasteiger partial charge in [-0.1, -0.05) is 30.0 Å². The van der Waals surface area contributed by atoms with Gasteiger partial charge >= 0.3 is 0 Å². The smallest absolute Gasteiger partial charge is 0.259 e. The monoisotopic (exact) mass is 394 g/mol. The number of benzene rings is 1. The molecule has 144 valence electrons. The molecule has 1 aromatic carbocycles. The second kappa shape index (κ2) is 8.58. The Morgan fingerprint density at radius 3 is 2.68 bits per heavy atom. The summed E-state index contributed by atoms with van der Waals surface area (Å²) in [5.41, 5.74) is 0.567. The van der Waals surface area contributed by atoms with Gasteiger partial charge in [0.2, 0.25) is 0 Å². The maximum absolute atomic E-state index is 13.0. The molecule has 1 amide bonds. The molecule has 1 fully saturated rings. The van der Waals surface area contributed by atoms with Crippen LogP contribution < -0.4 is 10.2 Å². The maximum Gasteiger partial charge on any atom is 0.259 e. The molecule has 3 aromatic rings. The van der Waals surface area contributed by atoms with Crippen LogP contribution in [0.25, 0.3) is 0 Å². The molecule has 1 aliphatic heterocycles. The minimum atomic E-state index is -0.160. The molecule has 2 N–H and O–H groups in total. The van der Waals surface area contributed by atoms with Crippen LogP contribution >= 0.6 is 11.8 Å². The Balaban J connectivity index is 1.52. The Labute approximate surface area is 169 Å². The Kier molecular flexibility index (Phi) is 5.73. The number of amides is 1. The van der Waals surface area contributed by atoms with E-state index in [1.165, 1.54) is 11.8 Å². The molecule has 28 heavy (non-hydrogen) atoms. The standard InChI is InChI=1S/C21H23N5OS/c1-25-14-10-16(11-15-25)26-19(9-13-23-26)24-20(27)18-8-5-12-22-21(18)28-17-6-3-2-4-7-17/h2-9,12-13,16H,10-11,14-15H2,1H3,(H,24,27)/p+1. The SMILES string of the molecule is C[NH+]1CCC(n2nccc2NC(=O)c2cccnc2Sc2ccccc2)CC1. The summed E-state index contributed by atoms with van der Waals surface area (Å²) < 4.78 is 1.96. The molecule has 0 aliphatic carbocycles. The van der Waals surface area contributed by atoms with Crippen molar-refractivity contribution in [1.82, 2.24) is 14.8 Å². The van der Waals surface area contributed by atoms with Crippen LogP contribution in [0.2, 0.25) is 0 Å². The van der Waals surface area contributed by atoms with Crippen LogP contribution in [0.3, 0.4) is 0 Å². The molecule has 6 nitrogen and oxygen atoms in total. The van der Waals surface area contributed by atoms with E-state index < -0.39 is 0 Å². The lowest BCUT2D eigenvalue weighted by molar-refractivity contribution is -0.885. The predicted molar refractivity (Wildman–Crippen MR) is 110 cm³/mol. The normalized spacial score (nSPS) is 19.3. The predicted octanol–water partition coefficient (Wildman–Crippen LogP) is 2.53. The first-order chi connectivity index (χ1) is 13.7. The number of rotatable bonds is 5. The average molecular weight is 395 g/mol. The van der Waals surface area contributed by atoms with Crippen LogP contribution in [-0.2, 0) is 0 Å². The van der Waals surface area contributed by atoms with Gasteiger partial charge in [-0.25, -0.2) is 9.67 Å². The number of carbonyl (C=O) groups is 1. The third-order valence-corrected chi connectivity index (χ3v) is 6.07. The lowest BCUT2D eigenvalue weighted by Gasteiger charge is -2.27. The van der Waals surface area contributed by atoms with Gasteiger partial charge in [-0.2, -0.15) is 5.10 Å². The summed E-state index contributed by atoms with van der Waals surface area (Å²) in [5, 5.41) is 8.21. The van der Waals surface area contributed by atoms with Gasteiger partial charge in [-0.15, -0.1) is 0 Å². The number of aromatic nitrogens is 3. The molecule has 0 radical (unpaired) electrons. The molecule has 7 heteroatoms. The van der Waals surface area contributed by atoms with Crippen molar-refractivity contribution in [3.05, 3.63) is 66.5 Å². The van der Waals surface area contributed by atoms with Gasteiger partial charge in [-0.3, -0.25) is 4.79 Å². The third kappa shape index (κ3) is 4.26. The van der Waals surface area contributed by atoms with Crippen molar-refractivity contribution in [2.24, 2.45) is 0 Å². The van der Waals surface area contributed by atoms with Crippen LogP contribution in [0.15, 0.2) is 70.8 Å². The summed E-state index contributed by atoms with van der Waals surface area (Å²) in [7, 11) is 2.22. The Hall–Kier alpha value is -2.64. The molecule has 1 aliphatic rings. The highest BCUT2D eigenvalue weighted by Gasteiger charge is 2.24. The molecular weight excluding hydrogens is 370 g/mol. The number of likely N-dealkylation sites (tertiary alicyclic amines) is 1. The number of anilines is 1. The molecule has 4 rings (SSSR count). The topological polar surface area (TPSA) is 64.2 Å². The van der Waals surface area contributed by atoms with E-state index in [2.05, 4.69) is 22.4 Å². The Morgan fingerprint density at radius 2 is 1.89 bits per heavy atom. The number of piperidine rings is 1. The minimum absolute atomic E-state index is 0.160. The number of pyridine rings is 1. The van der Waals surface area contributed by atoms with Gasteiger partial charge in [0.15, 0.2) is 0 Å². The molecular formula is C21H24N5OS+. The summed E-state index contributed by atoms with van der Waals surface area (Å²) in [6.45, 7) is 2.25. The summed E-state index contributed by atoms with van der Waals surface area (Å²) >= 11 is 1.49. The number of nitrogens with zero attached hydrogens (tertiary/aromatic N) is 3. The van der Waals surface area contributed by atoms with Gasteiger partial charge in [0.05, 0.1) is 37.9 Å².